The van der Waals surface area contributed by atoms with Gasteiger partial charge in [0.2, 0.25) is 0 Å². The first-order valence-corrected chi connectivity index (χ1v) is 7.88. The SMILES string of the molecule is CCCNC(N)=NCC1(c2cccc(OC)c2)CCCC1.I. The fourth-order valence-electron chi connectivity index (χ4n) is 3.09. The number of hydrogen-bond acceptors (Lipinski definition) is 2. The summed E-state index contributed by atoms with van der Waals surface area (Å²) in [4.78, 5) is 4.59. The number of aliphatic imine (C=N–C) groups is 1. The minimum atomic E-state index is 0. The second kappa shape index (κ2) is 9.22. The van der Waals surface area contributed by atoms with E-state index in [9.17, 15) is 0 Å². The highest BCUT2D eigenvalue weighted by Gasteiger charge is 2.35. The molecular weight excluding hydrogens is 389 g/mol. The van der Waals surface area contributed by atoms with Gasteiger partial charge in [-0.05, 0) is 37.0 Å². The minimum Gasteiger partial charge on any atom is -0.497 e. The van der Waals surface area contributed by atoms with Crippen LogP contribution in [0.1, 0.15) is 44.6 Å². The molecule has 0 radical (unpaired) electrons. The monoisotopic (exact) mass is 417 g/mol. The summed E-state index contributed by atoms with van der Waals surface area (Å²) >= 11 is 0. The van der Waals surface area contributed by atoms with E-state index in [2.05, 4.69) is 35.4 Å². The predicted molar refractivity (Wildman–Crippen MR) is 103 cm³/mol. The molecule has 124 valence electrons. The Morgan fingerprint density at radius 2 is 2.09 bits per heavy atom. The van der Waals surface area contributed by atoms with E-state index in [-0.39, 0.29) is 29.4 Å². The van der Waals surface area contributed by atoms with Gasteiger partial charge in [-0.3, -0.25) is 4.99 Å². The molecule has 0 bridgehead atoms. The zero-order chi connectivity index (χ0) is 15.1. The Hall–Kier alpha value is -0.980. The normalized spacial score (nSPS) is 16.9. The van der Waals surface area contributed by atoms with Crippen molar-refractivity contribution in [3.63, 3.8) is 0 Å². The van der Waals surface area contributed by atoms with Crippen LogP contribution in [0.5, 0.6) is 5.75 Å². The summed E-state index contributed by atoms with van der Waals surface area (Å²) in [5.41, 5.74) is 7.39. The molecule has 1 aliphatic carbocycles. The highest BCUT2D eigenvalue weighted by molar-refractivity contribution is 14.0. The van der Waals surface area contributed by atoms with E-state index < -0.39 is 0 Å². The molecule has 1 aromatic rings. The van der Waals surface area contributed by atoms with E-state index in [0.717, 1.165) is 25.3 Å². The van der Waals surface area contributed by atoms with Crippen molar-refractivity contribution in [2.45, 2.75) is 44.4 Å². The van der Waals surface area contributed by atoms with Crippen LogP contribution in [-0.2, 0) is 5.41 Å². The van der Waals surface area contributed by atoms with Crippen molar-refractivity contribution in [1.82, 2.24) is 5.32 Å². The fraction of sp³-hybridized carbons (Fsp3) is 0.588. The largest absolute Gasteiger partial charge is 0.497 e. The molecule has 0 spiro atoms. The van der Waals surface area contributed by atoms with Crippen molar-refractivity contribution in [3.8, 4) is 5.75 Å². The summed E-state index contributed by atoms with van der Waals surface area (Å²) in [6, 6.07) is 8.40. The zero-order valence-corrected chi connectivity index (χ0v) is 15.9. The van der Waals surface area contributed by atoms with Gasteiger partial charge in [0.1, 0.15) is 5.75 Å². The maximum Gasteiger partial charge on any atom is 0.188 e. The Labute approximate surface area is 150 Å². The average Bonchev–Trinajstić information content (AvgIpc) is 3.01. The molecule has 4 nitrogen and oxygen atoms in total. The highest BCUT2D eigenvalue weighted by Crippen LogP contribution is 2.42. The van der Waals surface area contributed by atoms with Crippen molar-refractivity contribution in [3.05, 3.63) is 29.8 Å². The van der Waals surface area contributed by atoms with E-state index in [4.69, 9.17) is 10.5 Å². The lowest BCUT2D eigenvalue weighted by Crippen LogP contribution is -2.35. The molecule has 1 aliphatic rings. The molecule has 0 unspecified atom stereocenters. The van der Waals surface area contributed by atoms with Gasteiger partial charge in [-0.1, -0.05) is 31.9 Å². The lowest BCUT2D eigenvalue weighted by molar-refractivity contribution is 0.408. The number of nitrogens with one attached hydrogen (secondary N) is 1. The molecule has 0 atom stereocenters. The first-order valence-electron chi connectivity index (χ1n) is 7.88. The predicted octanol–water partition coefficient (Wildman–Crippen LogP) is 3.44. The maximum absolute atomic E-state index is 5.95. The van der Waals surface area contributed by atoms with E-state index in [1.165, 1.54) is 31.2 Å². The van der Waals surface area contributed by atoms with Gasteiger partial charge >= 0.3 is 0 Å². The Balaban J connectivity index is 0.00000242. The molecule has 0 aliphatic heterocycles. The number of nitrogens with zero attached hydrogens (tertiary/aromatic N) is 1. The van der Waals surface area contributed by atoms with Crippen molar-refractivity contribution >= 4 is 29.9 Å². The Kier molecular flexibility index (Phi) is 8.00. The minimum absolute atomic E-state index is 0. The highest BCUT2D eigenvalue weighted by atomic mass is 127. The molecule has 3 N–H and O–H groups in total. The van der Waals surface area contributed by atoms with E-state index in [1.807, 2.05) is 6.07 Å². The second-order valence-corrected chi connectivity index (χ2v) is 5.85. The lowest BCUT2D eigenvalue weighted by Gasteiger charge is -2.28. The molecule has 0 heterocycles. The van der Waals surface area contributed by atoms with Gasteiger partial charge < -0.3 is 15.8 Å². The molecule has 1 fully saturated rings. The number of ether oxygens (including phenoxy) is 1. The Morgan fingerprint density at radius 1 is 1.36 bits per heavy atom. The molecule has 1 saturated carbocycles. The lowest BCUT2D eigenvalue weighted by atomic mass is 9.79. The number of benzene rings is 1. The van der Waals surface area contributed by atoms with Crippen molar-refractivity contribution in [1.29, 1.82) is 0 Å². The van der Waals surface area contributed by atoms with Crippen LogP contribution in [-0.4, -0.2) is 26.2 Å². The smallest absolute Gasteiger partial charge is 0.188 e. The van der Waals surface area contributed by atoms with Gasteiger partial charge in [-0.25, -0.2) is 0 Å². The Bertz CT molecular complexity index is 485. The van der Waals surface area contributed by atoms with Crippen LogP contribution in [0.3, 0.4) is 0 Å². The van der Waals surface area contributed by atoms with Gasteiger partial charge in [0, 0.05) is 12.0 Å². The van der Waals surface area contributed by atoms with Crippen LogP contribution in [0, 0.1) is 0 Å². The van der Waals surface area contributed by atoms with Gasteiger partial charge in [0.15, 0.2) is 5.96 Å². The molecule has 5 heteroatoms. The van der Waals surface area contributed by atoms with Crippen molar-refractivity contribution in [2.24, 2.45) is 10.7 Å². The van der Waals surface area contributed by atoms with Crippen LogP contribution in [0.25, 0.3) is 0 Å². The van der Waals surface area contributed by atoms with Crippen molar-refractivity contribution < 1.29 is 4.74 Å². The second-order valence-electron chi connectivity index (χ2n) is 5.85. The van der Waals surface area contributed by atoms with Gasteiger partial charge in [0.05, 0.1) is 13.7 Å². The van der Waals surface area contributed by atoms with Crippen LogP contribution in [0.2, 0.25) is 0 Å². The summed E-state index contributed by atoms with van der Waals surface area (Å²) in [7, 11) is 1.71. The van der Waals surface area contributed by atoms with E-state index >= 15 is 0 Å². The third-order valence-electron chi connectivity index (χ3n) is 4.35. The number of hydrogen-bond donors (Lipinski definition) is 2. The van der Waals surface area contributed by atoms with Crippen LogP contribution < -0.4 is 15.8 Å². The van der Waals surface area contributed by atoms with E-state index in [0.29, 0.717) is 5.96 Å². The number of guanidine groups is 1. The van der Waals surface area contributed by atoms with Crippen LogP contribution in [0.15, 0.2) is 29.3 Å². The molecular formula is C17H28IN3O. The Morgan fingerprint density at radius 3 is 2.73 bits per heavy atom. The molecule has 0 aromatic heterocycles. The molecule has 0 amide bonds. The third kappa shape index (κ3) is 4.76. The van der Waals surface area contributed by atoms with Gasteiger partial charge in [0.25, 0.3) is 0 Å². The van der Waals surface area contributed by atoms with E-state index in [1.54, 1.807) is 7.11 Å². The quantitative estimate of drug-likeness (QED) is 0.424. The maximum atomic E-state index is 5.95. The zero-order valence-electron chi connectivity index (χ0n) is 13.6. The van der Waals surface area contributed by atoms with Crippen LogP contribution in [0.4, 0.5) is 0 Å². The number of nitrogens with two attached hydrogens (primary N) is 1. The first-order chi connectivity index (χ1) is 10.2. The summed E-state index contributed by atoms with van der Waals surface area (Å²) in [6.45, 7) is 3.75. The summed E-state index contributed by atoms with van der Waals surface area (Å²) < 4.78 is 5.37. The summed E-state index contributed by atoms with van der Waals surface area (Å²) in [5.74, 6) is 1.48. The number of halogens is 1. The van der Waals surface area contributed by atoms with Crippen LogP contribution >= 0.6 is 24.0 Å². The number of rotatable bonds is 6. The molecule has 22 heavy (non-hydrogen) atoms. The topological polar surface area (TPSA) is 59.6 Å². The van der Waals surface area contributed by atoms with Gasteiger partial charge in [-0.2, -0.15) is 0 Å². The standard InChI is InChI=1S/C17H27N3O.HI/c1-3-11-19-16(18)20-13-17(9-4-5-10-17)14-7-6-8-15(12-14)21-2;/h6-8,12H,3-5,9-11,13H2,1-2H3,(H3,18,19,20);1H. The van der Waals surface area contributed by atoms with Crippen molar-refractivity contribution in [2.75, 3.05) is 20.2 Å². The van der Waals surface area contributed by atoms with Gasteiger partial charge in [-0.15, -0.1) is 24.0 Å². The number of methoxy groups -OCH3 is 1. The summed E-state index contributed by atoms with van der Waals surface area (Å²) in [5, 5.41) is 3.15. The molecule has 2 rings (SSSR count). The molecule has 0 saturated heterocycles. The summed E-state index contributed by atoms with van der Waals surface area (Å²) in [6.07, 6.45) is 5.91. The molecule has 1 aromatic carbocycles. The average molecular weight is 417 g/mol. The third-order valence-corrected chi connectivity index (χ3v) is 4.35. The first kappa shape index (κ1) is 19.1. The fourth-order valence-corrected chi connectivity index (χ4v) is 3.09.